The van der Waals surface area contributed by atoms with Gasteiger partial charge in [-0.2, -0.15) is 0 Å². The van der Waals surface area contributed by atoms with Gasteiger partial charge in [-0.3, -0.25) is 14.5 Å². The first-order valence-corrected chi connectivity index (χ1v) is 14.1. The number of carbonyl (C=O) groups is 2. The minimum atomic E-state index is -1.01. The number of aliphatic hydroxyl groups is 1. The summed E-state index contributed by atoms with van der Waals surface area (Å²) in [6, 6.07) is 13.4. The normalized spacial score (nSPS) is 16.5. The van der Waals surface area contributed by atoms with Gasteiger partial charge in [-0.15, -0.1) is 0 Å². The van der Waals surface area contributed by atoms with Crippen molar-refractivity contribution in [3.8, 4) is 17.2 Å². The number of methoxy groups -OCH3 is 2. The minimum Gasteiger partial charge on any atom is -0.505 e. The maximum absolute atomic E-state index is 13.8. The van der Waals surface area contributed by atoms with Gasteiger partial charge in [0.2, 0.25) is 0 Å². The van der Waals surface area contributed by atoms with E-state index in [0.29, 0.717) is 51.4 Å². The molecule has 3 aromatic heterocycles. The summed E-state index contributed by atoms with van der Waals surface area (Å²) in [6.45, 7) is 6.01. The van der Waals surface area contributed by atoms with Gasteiger partial charge >= 0.3 is 5.91 Å². The third kappa shape index (κ3) is 4.24. The van der Waals surface area contributed by atoms with Crippen molar-refractivity contribution in [2.75, 3.05) is 25.7 Å². The topological polar surface area (TPSA) is 115 Å². The van der Waals surface area contributed by atoms with Crippen LogP contribution in [0.25, 0.3) is 21.6 Å². The van der Waals surface area contributed by atoms with Crippen LogP contribution in [0.5, 0.6) is 17.2 Å². The number of amides is 1. The number of hydrogen-bond donors (Lipinski definition) is 1. The van der Waals surface area contributed by atoms with Gasteiger partial charge < -0.3 is 23.7 Å². The quantitative estimate of drug-likeness (QED) is 0.149. The fraction of sp³-hybridized carbons (Fsp3) is 0.226. The van der Waals surface area contributed by atoms with E-state index in [-0.39, 0.29) is 17.0 Å². The molecule has 5 aromatic rings. The number of ketones is 1. The van der Waals surface area contributed by atoms with Crippen molar-refractivity contribution in [2.45, 2.75) is 26.8 Å². The fourth-order valence-corrected chi connectivity index (χ4v) is 6.29. The van der Waals surface area contributed by atoms with Gasteiger partial charge in [0.15, 0.2) is 22.4 Å². The van der Waals surface area contributed by atoms with Crippen LogP contribution < -0.4 is 19.1 Å². The van der Waals surface area contributed by atoms with Crippen molar-refractivity contribution in [2.24, 2.45) is 0 Å². The van der Waals surface area contributed by atoms with E-state index in [1.165, 1.54) is 23.3 Å². The van der Waals surface area contributed by atoms with Gasteiger partial charge in [-0.1, -0.05) is 23.5 Å². The number of carbonyl (C=O) groups excluding carboxylic acids is 2. The molecular weight excluding hydrogens is 556 g/mol. The molecule has 1 aliphatic rings. The molecule has 10 nitrogen and oxygen atoms in total. The lowest BCUT2D eigenvalue weighted by molar-refractivity contribution is -0.132. The van der Waals surface area contributed by atoms with Crippen molar-refractivity contribution in [3.05, 3.63) is 82.8 Å². The number of aryl methyl sites for hydroxylation is 2. The summed E-state index contributed by atoms with van der Waals surface area (Å²) in [4.78, 5) is 38.2. The fourth-order valence-electron chi connectivity index (χ4n) is 5.27. The highest BCUT2D eigenvalue weighted by atomic mass is 32.1. The second-order valence-electron chi connectivity index (χ2n) is 9.77. The lowest BCUT2D eigenvalue weighted by Crippen LogP contribution is -2.29. The van der Waals surface area contributed by atoms with Crippen LogP contribution in [0.2, 0.25) is 0 Å². The zero-order chi connectivity index (χ0) is 29.7. The van der Waals surface area contributed by atoms with E-state index in [1.807, 2.05) is 42.6 Å². The molecular formula is C31H28N4O6S. The van der Waals surface area contributed by atoms with Crippen molar-refractivity contribution in [1.82, 2.24) is 14.4 Å². The highest BCUT2D eigenvalue weighted by Crippen LogP contribution is 2.46. The molecule has 0 spiro atoms. The van der Waals surface area contributed by atoms with E-state index >= 15 is 0 Å². The Morgan fingerprint density at radius 3 is 2.55 bits per heavy atom. The number of nitrogens with zero attached hydrogens (tertiary/aromatic N) is 4. The number of thiazole rings is 1. The SMILES string of the molecule is CCOc1ccc(C2/C(=C(\O)c3nc4c(C)cccn4c3C)C(=O)C(=O)N2c2nc3ccc(OC)cc3s2)cc1OC. The number of fused-ring (bicyclic) bond motifs is 2. The summed E-state index contributed by atoms with van der Waals surface area (Å²) < 4.78 is 19.3. The molecule has 0 radical (unpaired) electrons. The number of imidazole rings is 1. The van der Waals surface area contributed by atoms with Crippen molar-refractivity contribution in [3.63, 3.8) is 0 Å². The molecule has 1 amide bonds. The Morgan fingerprint density at radius 2 is 1.83 bits per heavy atom. The molecule has 0 saturated carbocycles. The van der Waals surface area contributed by atoms with Crippen LogP contribution in [0.1, 0.15) is 35.5 Å². The molecule has 1 N–H and O–H groups in total. The van der Waals surface area contributed by atoms with Crippen LogP contribution in [0, 0.1) is 13.8 Å². The molecule has 1 fully saturated rings. The van der Waals surface area contributed by atoms with Crippen molar-refractivity contribution >= 4 is 49.8 Å². The van der Waals surface area contributed by atoms with E-state index < -0.39 is 17.7 Å². The summed E-state index contributed by atoms with van der Waals surface area (Å²) in [7, 11) is 3.09. The monoisotopic (exact) mass is 584 g/mol. The van der Waals surface area contributed by atoms with Gasteiger partial charge in [0.25, 0.3) is 5.78 Å². The molecule has 6 rings (SSSR count). The Morgan fingerprint density at radius 1 is 1.02 bits per heavy atom. The van der Waals surface area contributed by atoms with E-state index in [2.05, 4.69) is 9.97 Å². The molecule has 1 saturated heterocycles. The molecule has 1 aliphatic heterocycles. The Labute approximate surface area is 245 Å². The zero-order valence-corrected chi connectivity index (χ0v) is 24.5. The van der Waals surface area contributed by atoms with Crippen LogP contribution in [0.15, 0.2) is 60.3 Å². The number of aliphatic hydroxyl groups excluding tert-OH is 1. The second-order valence-corrected chi connectivity index (χ2v) is 10.8. The maximum atomic E-state index is 13.8. The summed E-state index contributed by atoms with van der Waals surface area (Å²) in [5.74, 6) is -0.427. The van der Waals surface area contributed by atoms with Crippen LogP contribution in [0.4, 0.5) is 5.13 Å². The first-order chi connectivity index (χ1) is 20.3. The number of ether oxygens (including phenoxy) is 3. The molecule has 1 unspecified atom stereocenters. The lowest BCUT2D eigenvalue weighted by atomic mass is 9.96. The molecule has 42 heavy (non-hydrogen) atoms. The van der Waals surface area contributed by atoms with E-state index in [0.717, 1.165) is 10.3 Å². The summed E-state index contributed by atoms with van der Waals surface area (Å²) in [6.07, 6.45) is 1.84. The van der Waals surface area contributed by atoms with Crippen LogP contribution in [-0.4, -0.2) is 52.0 Å². The molecule has 1 atom stereocenters. The third-order valence-electron chi connectivity index (χ3n) is 7.35. The smallest absolute Gasteiger partial charge is 0.301 e. The average Bonchev–Trinajstić information content (AvgIpc) is 3.65. The number of benzene rings is 2. The van der Waals surface area contributed by atoms with E-state index in [4.69, 9.17) is 14.2 Å². The predicted octanol–water partition coefficient (Wildman–Crippen LogP) is 5.60. The number of aromatic nitrogens is 3. The third-order valence-corrected chi connectivity index (χ3v) is 8.36. The highest BCUT2D eigenvalue weighted by molar-refractivity contribution is 7.22. The Balaban J connectivity index is 1.59. The Bertz CT molecular complexity index is 1920. The summed E-state index contributed by atoms with van der Waals surface area (Å²) in [5.41, 5.74) is 3.49. The number of anilines is 1. The van der Waals surface area contributed by atoms with Crippen LogP contribution >= 0.6 is 11.3 Å². The molecule has 0 aliphatic carbocycles. The van der Waals surface area contributed by atoms with Gasteiger partial charge in [0.05, 0.1) is 48.4 Å². The van der Waals surface area contributed by atoms with Gasteiger partial charge in [0.1, 0.15) is 17.1 Å². The average molecular weight is 585 g/mol. The number of Topliss-reactive ketones (excluding diaryl/α,β-unsaturated/α-hetero) is 1. The second kappa shape index (κ2) is 10.5. The molecule has 4 heterocycles. The summed E-state index contributed by atoms with van der Waals surface area (Å²) >= 11 is 1.25. The first kappa shape index (κ1) is 27.3. The number of hydrogen-bond acceptors (Lipinski definition) is 9. The van der Waals surface area contributed by atoms with E-state index in [1.54, 1.807) is 44.4 Å². The molecule has 2 aromatic carbocycles. The highest BCUT2D eigenvalue weighted by Gasteiger charge is 2.49. The van der Waals surface area contributed by atoms with Gasteiger partial charge in [0, 0.05) is 6.20 Å². The van der Waals surface area contributed by atoms with E-state index in [9.17, 15) is 14.7 Å². The van der Waals surface area contributed by atoms with Crippen molar-refractivity contribution < 1.29 is 28.9 Å². The largest absolute Gasteiger partial charge is 0.505 e. The summed E-state index contributed by atoms with van der Waals surface area (Å²) in [5, 5.41) is 12.1. The maximum Gasteiger partial charge on any atom is 0.301 e. The van der Waals surface area contributed by atoms with Gasteiger partial charge in [-0.05, 0) is 68.3 Å². The number of pyridine rings is 1. The van der Waals surface area contributed by atoms with Crippen LogP contribution in [-0.2, 0) is 9.59 Å². The van der Waals surface area contributed by atoms with Crippen molar-refractivity contribution in [1.29, 1.82) is 0 Å². The Hall–Kier alpha value is -4.90. The lowest BCUT2D eigenvalue weighted by Gasteiger charge is -2.23. The molecule has 11 heteroatoms. The van der Waals surface area contributed by atoms with Gasteiger partial charge in [-0.25, -0.2) is 9.97 Å². The zero-order valence-electron chi connectivity index (χ0n) is 23.7. The standard InChI is InChI=1S/C31H28N4O6S/c1-6-41-21-12-9-18(14-22(21)40-5)26-24(27(36)25-17(3)34-13-7-8-16(2)29(34)33-25)28(37)30(38)35(26)31-32-20-11-10-19(39-4)15-23(20)42-31/h7-15,26,36H,6H2,1-5H3/b27-24+. The number of rotatable bonds is 7. The predicted molar refractivity (Wildman–Crippen MR) is 160 cm³/mol. The molecule has 0 bridgehead atoms. The first-order valence-electron chi connectivity index (χ1n) is 13.3. The minimum absolute atomic E-state index is 0.0905. The Kier molecular flexibility index (Phi) is 6.82. The van der Waals surface area contributed by atoms with Crippen LogP contribution in [0.3, 0.4) is 0 Å². The molecule has 214 valence electrons.